The third-order valence-electron chi connectivity index (χ3n) is 2.66. The van der Waals surface area contributed by atoms with E-state index in [1.54, 1.807) is 17.5 Å². The number of nitrogens with zero attached hydrogens (tertiary/aromatic N) is 2. The summed E-state index contributed by atoms with van der Waals surface area (Å²) in [4.78, 5) is 14.5. The highest BCUT2D eigenvalue weighted by Crippen LogP contribution is 2.29. The van der Waals surface area contributed by atoms with Crippen LogP contribution in [0, 0.1) is 13.8 Å². The number of rotatable bonds is 1. The fourth-order valence-corrected chi connectivity index (χ4v) is 2.63. The molecule has 0 radical (unpaired) electrons. The van der Waals surface area contributed by atoms with Crippen molar-refractivity contribution >= 4 is 22.5 Å². The highest BCUT2D eigenvalue weighted by Gasteiger charge is 2.09. The van der Waals surface area contributed by atoms with E-state index >= 15 is 0 Å². The van der Waals surface area contributed by atoms with Gasteiger partial charge in [-0.3, -0.25) is 0 Å². The van der Waals surface area contributed by atoms with Gasteiger partial charge in [-0.1, -0.05) is 0 Å². The van der Waals surface area contributed by atoms with Crippen LogP contribution < -0.4 is 0 Å². The fraction of sp³-hybridized carbons (Fsp3) is 0.167. The average Bonchev–Trinajstić information content (AvgIpc) is 2.83. The van der Waals surface area contributed by atoms with Crippen LogP contribution in [-0.2, 0) is 0 Å². The number of hydrogen-bond acceptors (Lipinski definition) is 3. The Morgan fingerprint density at radius 2 is 2.19 bits per heavy atom. The second kappa shape index (κ2) is 3.42. The number of H-pyrrole nitrogens is 1. The molecular formula is C12H11N3S. The molecule has 16 heavy (non-hydrogen) atoms. The molecule has 0 aromatic carbocycles. The first-order valence-electron chi connectivity index (χ1n) is 5.12. The van der Waals surface area contributed by atoms with E-state index in [1.165, 1.54) is 15.3 Å². The summed E-state index contributed by atoms with van der Waals surface area (Å²) in [7, 11) is 0. The third kappa shape index (κ3) is 1.42. The number of hydrogen-bond donors (Lipinski definition) is 1. The molecule has 0 aliphatic heterocycles. The Morgan fingerprint density at radius 1 is 1.31 bits per heavy atom. The van der Waals surface area contributed by atoms with Gasteiger partial charge in [0.25, 0.3) is 0 Å². The van der Waals surface area contributed by atoms with E-state index in [0.29, 0.717) is 0 Å². The number of aromatic nitrogens is 3. The number of fused-ring (bicyclic) bond motifs is 1. The molecule has 0 aliphatic rings. The van der Waals surface area contributed by atoms with Crippen molar-refractivity contribution in [1.82, 2.24) is 15.0 Å². The summed E-state index contributed by atoms with van der Waals surface area (Å²) in [5.74, 6) is 0.912. The van der Waals surface area contributed by atoms with Gasteiger partial charge in [-0.05, 0) is 37.6 Å². The van der Waals surface area contributed by atoms with Crippen LogP contribution in [0.5, 0.6) is 0 Å². The van der Waals surface area contributed by atoms with Gasteiger partial charge < -0.3 is 4.98 Å². The molecule has 0 saturated carbocycles. The van der Waals surface area contributed by atoms with Crippen LogP contribution in [0.25, 0.3) is 21.9 Å². The van der Waals surface area contributed by atoms with E-state index in [0.717, 1.165) is 17.0 Å². The first kappa shape index (κ1) is 9.54. The van der Waals surface area contributed by atoms with Gasteiger partial charge in [-0.15, -0.1) is 11.3 Å². The van der Waals surface area contributed by atoms with Crippen molar-refractivity contribution in [2.45, 2.75) is 13.8 Å². The molecule has 3 aromatic rings. The van der Waals surface area contributed by atoms with Crippen LogP contribution in [0.2, 0.25) is 0 Å². The minimum Gasteiger partial charge on any atom is -0.336 e. The highest BCUT2D eigenvalue weighted by molar-refractivity contribution is 7.15. The molecule has 1 N–H and O–H groups in total. The normalized spacial score (nSPS) is 11.1. The molecule has 0 aliphatic carbocycles. The van der Waals surface area contributed by atoms with Crippen molar-refractivity contribution in [3.63, 3.8) is 0 Å². The van der Waals surface area contributed by atoms with Crippen LogP contribution in [0.1, 0.15) is 10.4 Å². The van der Waals surface area contributed by atoms with E-state index < -0.39 is 0 Å². The topological polar surface area (TPSA) is 41.6 Å². The molecule has 80 valence electrons. The molecule has 0 amide bonds. The molecule has 0 saturated heterocycles. The van der Waals surface area contributed by atoms with Gasteiger partial charge in [0.1, 0.15) is 0 Å². The second-order valence-electron chi connectivity index (χ2n) is 3.81. The van der Waals surface area contributed by atoms with Crippen molar-refractivity contribution in [2.75, 3.05) is 0 Å². The summed E-state index contributed by atoms with van der Waals surface area (Å²) in [6.07, 6.45) is 1.76. The van der Waals surface area contributed by atoms with Gasteiger partial charge in [-0.25, -0.2) is 9.97 Å². The molecule has 0 fully saturated rings. The van der Waals surface area contributed by atoms with Crippen LogP contribution in [0.15, 0.2) is 24.4 Å². The maximum Gasteiger partial charge on any atom is 0.178 e. The molecule has 3 aromatic heterocycles. The van der Waals surface area contributed by atoms with Crippen molar-refractivity contribution in [1.29, 1.82) is 0 Å². The highest BCUT2D eigenvalue weighted by atomic mass is 32.1. The maximum atomic E-state index is 4.48. The molecule has 3 nitrogen and oxygen atoms in total. The van der Waals surface area contributed by atoms with Gasteiger partial charge in [0.05, 0.1) is 10.4 Å². The molecule has 0 atom stereocenters. The van der Waals surface area contributed by atoms with E-state index in [-0.39, 0.29) is 0 Å². The van der Waals surface area contributed by atoms with Crippen molar-refractivity contribution in [3.05, 3.63) is 34.8 Å². The van der Waals surface area contributed by atoms with Gasteiger partial charge in [0.2, 0.25) is 0 Å². The number of aromatic amines is 1. The van der Waals surface area contributed by atoms with Gasteiger partial charge in [-0.2, -0.15) is 0 Å². The molecule has 0 unspecified atom stereocenters. The van der Waals surface area contributed by atoms with Gasteiger partial charge >= 0.3 is 0 Å². The zero-order chi connectivity index (χ0) is 11.1. The Balaban J connectivity index is 2.18. The lowest BCUT2D eigenvalue weighted by Crippen LogP contribution is -1.74. The first-order valence-corrected chi connectivity index (χ1v) is 5.94. The third-order valence-corrected chi connectivity index (χ3v) is 3.82. The van der Waals surface area contributed by atoms with Crippen molar-refractivity contribution < 1.29 is 0 Å². The van der Waals surface area contributed by atoms with Crippen molar-refractivity contribution in [2.24, 2.45) is 0 Å². The second-order valence-corrected chi connectivity index (χ2v) is 5.07. The summed E-state index contributed by atoms with van der Waals surface area (Å²) in [5.41, 5.74) is 3.08. The number of pyridine rings is 1. The SMILES string of the molecule is Cc1cc(-c2nc3ncccc3[nH]2)sc1C. The minimum atomic E-state index is 0.779. The number of imidazole rings is 1. The quantitative estimate of drug-likeness (QED) is 0.695. The smallest absolute Gasteiger partial charge is 0.178 e. The molecular weight excluding hydrogens is 218 g/mol. The van der Waals surface area contributed by atoms with E-state index in [1.807, 2.05) is 12.1 Å². The minimum absolute atomic E-state index is 0.779. The van der Waals surface area contributed by atoms with Crippen LogP contribution in [-0.4, -0.2) is 15.0 Å². The molecule has 4 heteroatoms. The Bertz CT molecular complexity index is 599. The predicted molar refractivity (Wildman–Crippen MR) is 66.7 cm³/mol. The number of aryl methyl sites for hydroxylation is 2. The van der Waals surface area contributed by atoms with E-state index in [4.69, 9.17) is 0 Å². The standard InChI is InChI=1S/C12H11N3S/c1-7-6-10(16-8(7)2)12-14-9-4-3-5-13-11(9)15-12/h3-6H,1-2H3,(H,13,14,15). The van der Waals surface area contributed by atoms with Gasteiger partial charge in [0.15, 0.2) is 11.5 Å². The maximum absolute atomic E-state index is 4.48. The Morgan fingerprint density at radius 3 is 2.88 bits per heavy atom. The van der Waals surface area contributed by atoms with Crippen molar-refractivity contribution in [3.8, 4) is 10.7 Å². The predicted octanol–water partition coefficient (Wildman–Crippen LogP) is 3.30. The Hall–Kier alpha value is -1.68. The summed E-state index contributed by atoms with van der Waals surface area (Å²) >= 11 is 1.76. The summed E-state index contributed by atoms with van der Waals surface area (Å²) in [6, 6.07) is 6.07. The van der Waals surface area contributed by atoms with Crippen LogP contribution in [0.3, 0.4) is 0 Å². The first-order chi connectivity index (χ1) is 7.74. The van der Waals surface area contributed by atoms with E-state index in [2.05, 4.69) is 34.9 Å². The number of thiophene rings is 1. The van der Waals surface area contributed by atoms with Crippen LogP contribution in [0.4, 0.5) is 0 Å². The molecule has 3 rings (SSSR count). The fourth-order valence-electron chi connectivity index (χ4n) is 1.65. The zero-order valence-electron chi connectivity index (χ0n) is 9.11. The summed E-state index contributed by atoms with van der Waals surface area (Å²) < 4.78 is 0. The van der Waals surface area contributed by atoms with E-state index in [9.17, 15) is 0 Å². The lowest BCUT2D eigenvalue weighted by atomic mass is 10.3. The Kier molecular flexibility index (Phi) is 2.04. The average molecular weight is 229 g/mol. The summed E-state index contributed by atoms with van der Waals surface area (Å²) in [5, 5.41) is 0. The molecule has 3 heterocycles. The molecule has 0 bridgehead atoms. The lowest BCUT2D eigenvalue weighted by molar-refractivity contribution is 1.31. The zero-order valence-corrected chi connectivity index (χ0v) is 9.93. The lowest BCUT2D eigenvalue weighted by Gasteiger charge is -1.86. The number of nitrogens with one attached hydrogen (secondary N) is 1. The largest absolute Gasteiger partial charge is 0.336 e. The van der Waals surface area contributed by atoms with Gasteiger partial charge in [0, 0.05) is 11.1 Å². The summed E-state index contributed by atoms with van der Waals surface area (Å²) in [6.45, 7) is 4.25. The monoisotopic (exact) mass is 229 g/mol. The van der Waals surface area contributed by atoms with Crippen LogP contribution >= 0.6 is 11.3 Å². The Labute approximate surface area is 97.2 Å². The molecule has 0 spiro atoms.